The molecular weight excluding hydrogens is 404 g/mol. The van der Waals surface area contributed by atoms with Gasteiger partial charge in [-0.15, -0.1) is 0 Å². The molecule has 1 amide bonds. The van der Waals surface area contributed by atoms with E-state index in [1.807, 2.05) is 13.8 Å². The second-order valence-corrected chi connectivity index (χ2v) is 8.76. The molecule has 1 aliphatic carbocycles. The standard InChI is InChI=1S/C24H30N6O2/c1-24(2)21(30-20-22(26)28-14-29-23(20)32-24)18-9-7-17(8-10-18)16-5-3-15(4-6-16)13-19(31)27-12-11-25/h7-10,13-14,16H,3-6,11-12,25H2,1-2H3,(H,27,31)(H2,26,28,29). The predicted octanol–water partition coefficient (Wildman–Crippen LogP) is 3.01. The molecule has 0 unspecified atom stereocenters. The zero-order chi connectivity index (χ0) is 22.7. The van der Waals surface area contributed by atoms with Gasteiger partial charge < -0.3 is 21.5 Å². The molecule has 5 N–H and O–H groups in total. The first-order valence-electron chi connectivity index (χ1n) is 11.0. The summed E-state index contributed by atoms with van der Waals surface area (Å²) in [4.78, 5) is 24.8. The molecule has 8 heteroatoms. The Morgan fingerprint density at radius 1 is 1.22 bits per heavy atom. The molecule has 2 aromatic rings. The number of hydrogen-bond donors (Lipinski definition) is 3. The molecule has 2 aliphatic rings. The molecule has 1 fully saturated rings. The van der Waals surface area contributed by atoms with Crippen LogP contribution in [0.1, 0.15) is 56.6 Å². The number of rotatable bonds is 5. The molecule has 1 aromatic carbocycles. The van der Waals surface area contributed by atoms with E-state index in [4.69, 9.17) is 21.2 Å². The van der Waals surface area contributed by atoms with Crippen molar-refractivity contribution < 1.29 is 9.53 Å². The van der Waals surface area contributed by atoms with Crippen LogP contribution in [0, 0.1) is 0 Å². The minimum absolute atomic E-state index is 0.0426. The van der Waals surface area contributed by atoms with E-state index in [2.05, 4.69) is 39.6 Å². The van der Waals surface area contributed by atoms with E-state index >= 15 is 0 Å². The second kappa shape index (κ2) is 9.08. The van der Waals surface area contributed by atoms with Crippen LogP contribution in [0.5, 0.6) is 5.88 Å². The summed E-state index contributed by atoms with van der Waals surface area (Å²) in [5.74, 6) is 1.16. The fourth-order valence-electron chi connectivity index (χ4n) is 4.31. The first-order chi connectivity index (χ1) is 15.4. The Hall–Kier alpha value is -3.26. The molecule has 168 valence electrons. The second-order valence-electron chi connectivity index (χ2n) is 8.76. The maximum absolute atomic E-state index is 11.9. The molecule has 1 aromatic heterocycles. The molecule has 2 heterocycles. The number of amides is 1. The summed E-state index contributed by atoms with van der Waals surface area (Å²) in [6, 6.07) is 8.52. The van der Waals surface area contributed by atoms with Gasteiger partial charge >= 0.3 is 0 Å². The Kier molecular flexibility index (Phi) is 6.23. The lowest BCUT2D eigenvalue weighted by Crippen LogP contribution is -2.41. The summed E-state index contributed by atoms with van der Waals surface area (Å²) < 4.78 is 6.07. The number of nitrogens with one attached hydrogen (secondary N) is 1. The third-order valence-electron chi connectivity index (χ3n) is 6.02. The fraction of sp³-hybridized carbons (Fsp3) is 0.417. The first kappa shape index (κ1) is 22.0. The Balaban J connectivity index is 1.47. The number of ether oxygens (including phenoxy) is 1. The zero-order valence-electron chi connectivity index (χ0n) is 18.6. The van der Waals surface area contributed by atoms with Crippen LogP contribution in [0.4, 0.5) is 11.5 Å². The number of aliphatic imine (C=N–C) groups is 1. The lowest BCUT2D eigenvalue weighted by Gasteiger charge is -2.32. The number of benzene rings is 1. The number of nitrogens with zero attached hydrogens (tertiary/aromatic N) is 3. The molecule has 1 saturated carbocycles. The maximum Gasteiger partial charge on any atom is 0.246 e. The van der Waals surface area contributed by atoms with Crippen LogP contribution in [-0.2, 0) is 4.79 Å². The quantitative estimate of drug-likeness (QED) is 0.621. The minimum atomic E-state index is -0.635. The van der Waals surface area contributed by atoms with Gasteiger partial charge in [-0.05, 0) is 51.0 Å². The van der Waals surface area contributed by atoms with Crippen LogP contribution in [0.3, 0.4) is 0 Å². The normalized spacial score (nSPS) is 19.4. The van der Waals surface area contributed by atoms with Crippen LogP contribution >= 0.6 is 0 Å². The van der Waals surface area contributed by atoms with E-state index in [9.17, 15) is 4.79 Å². The van der Waals surface area contributed by atoms with Crippen molar-refractivity contribution in [3.8, 4) is 5.88 Å². The molecule has 0 saturated heterocycles. The average Bonchev–Trinajstić information content (AvgIpc) is 2.78. The highest BCUT2D eigenvalue weighted by Gasteiger charge is 2.35. The molecule has 32 heavy (non-hydrogen) atoms. The van der Waals surface area contributed by atoms with Gasteiger partial charge in [0.1, 0.15) is 11.9 Å². The number of fused-ring (bicyclic) bond motifs is 1. The Bertz CT molecular complexity index is 1050. The largest absolute Gasteiger partial charge is 0.463 e. The van der Waals surface area contributed by atoms with Crippen LogP contribution in [-0.4, -0.2) is 40.3 Å². The highest BCUT2D eigenvalue weighted by atomic mass is 16.5. The summed E-state index contributed by atoms with van der Waals surface area (Å²) in [5, 5.41) is 2.80. The monoisotopic (exact) mass is 434 g/mol. The van der Waals surface area contributed by atoms with E-state index in [1.54, 1.807) is 6.08 Å². The third-order valence-corrected chi connectivity index (χ3v) is 6.02. The molecule has 0 radical (unpaired) electrons. The van der Waals surface area contributed by atoms with Crippen molar-refractivity contribution in [3.63, 3.8) is 0 Å². The molecular formula is C24H30N6O2. The smallest absolute Gasteiger partial charge is 0.246 e. The summed E-state index contributed by atoms with van der Waals surface area (Å²) >= 11 is 0. The number of anilines is 1. The van der Waals surface area contributed by atoms with Gasteiger partial charge in [0, 0.05) is 24.7 Å². The zero-order valence-corrected chi connectivity index (χ0v) is 18.6. The van der Waals surface area contributed by atoms with Gasteiger partial charge in [0.2, 0.25) is 11.8 Å². The molecule has 4 rings (SSSR count). The van der Waals surface area contributed by atoms with Gasteiger partial charge in [0.15, 0.2) is 11.5 Å². The maximum atomic E-state index is 11.9. The number of aromatic nitrogens is 2. The van der Waals surface area contributed by atoms with Gasteiger partial charge in [-0.3, -0.25) is 4.79 Å². The Morgan fingerprint density at radius 3 is 2.62 bits per heavy atom. The Labute approximate surface area is 188 Å². The molecule has 0 atom stereocenters. The van der Waals surface area contributed by atoms with Gasteiger partial charge in [-0.1, -0.05) is 29.8 Å². The summed E-state index contributed by atoms with van der Waals surface area (Å²) in [6.45, 7) is 4.91. The summed E-state index contributed by atoms with van der Waals surface area (Å²) in [5.41, 5.74) is 15.6. The fourth-order valence-corrected chi connectivity index (χ4v) is 4.31. The molecule has 1 aliphatic heterocycles. The van der Waals surface area contributed by atoms with Crippen molar-refractivity contribution in [2.75, 3.05) is 18.8 Å². The summed E-state index contributed by atoms with van der Waals surface area (Å²) in [6.07, 6.45) is 7.07. The SMILES string of the molecule is CC1(C)Oc2ncnc(N)c2N=C1c1ccc(C2CCC(=CC(=O)NCCN)CC2)cc1. The average molecular weight is 435 g/mol. The van der Waals surface area contributed by atoms with Crippen LogP contribution in [0.25, 0.3) is 0 Å². The summed E-state index contributed by atoms with van der Waals surface area (Å²) in [7, 11) is 0. The molecule has 0 bridgehead atoms. The predicted molar refractivity (Wildman–Crippen MR) is 125 cm³/mol. The van der Waals surface area contributed by atoms with Gasteiger partial charge in [-0.25, -0.2) is 9.98 Å². The van der Waals surface area contributed by atoms with E-state index in [0.29, 0.717) is 36.4 Å². The highest BCUT2D eigenvalue weighted by Crippen LogP contribution is 2.39. The van der Waals surface area contributed by atoms with E-state index in [0.717, 1.165) is 37.0 Å². The van der Waals surface area contributed by atoms with Crippen molar-refractivity contribution in [2.24, 2.45) is 10.7 Å². The van der Waals surface area contributed by atoms with Crippen molar-refractivity contribution in [1.82, 2.24) is 15.3 Å². The van der Waals surface area contributed by atoms with E-state index in [-0.39, 0.29) is 5.91 Å². The van der Waals surface area contributed by atoms with Crippen molar-refractivity contribution in [3.05, 3.63) is 53.4 Å². The van der Waals surface area contributed by atoms with Crippen molar-refractivity contribution in [2.45, 2.75) is 51.0 Å². The minimum Gasteiger partial charge on any atom is -0.463 e. The first-order valence-corrected chi connectivity index (χ1v) is 11.0. The van der Waals surface area contributed by atoms with Gasteiger partial charge in [-0.2, -0.15) is 4.98 Å². The lowest BCUT2D eigenvalue weighted by molar-refractivity contribution is -0.116. The molecule has 0 spiro atoms. The van der Waals surface area contributed by atoms with E-state index < -0.39 is 5.60 Å². The van der Waals surface area contributed by atoms with Crippen molar-refractivity contribution >= 4 is 23.1 Å². The van der Waals surface area contributed by atoms with E-state index in [1.165, 1.54) is 17.5 Å². The highest BCUT2D eigenvalue weighted by molar-refractivity contribution is 6.09. The van der Waals surface area contributed by atoms with Crippen LogP contribution in [0.2, 0.25) is 0 Å². The number of hydrogen-bond acceptors (Lipinski definition) is 7. The van der Waals surface area contributed by atoms with Gasteiger partial charge in [0.25, 0.3) is 0 Å². The van der Waals surface area contributed by atoms with Gasteiger partial charge in [0.05, 0.1) is 5.71 Å². The number of nitrogens with two attached hydrogens (primary N) is 2. The lowest BCUT2D eigenvalue weighted by atomic mass is 9.81. The Morgan fingerprint density at radius 2 is 1.94 bits per heavy atom. The topological polar surface area (TPSA) is 129 Å². The van der Waals surface area contributed by atoms with Crippen LogP contribution in [0.15, 0.2) is 47.2 Å². The third kappa shape index (κ3) is 4.65. The number of carbonyl (C=O) groups is 1. The van der Waals surface area contributed by atoms with Crippen molar-refractivity contribution in [1.29, 1.82) is 0 Å². The number of allylic oxidation sites excluding steroid dienone is 1. The van der Waals surface area contributed by atoms with Crippen LogP contribution < -0.4 is 21.5 Å². The molecule has 8 nitrogen and oxygen atoms in total. The number of nitrogen functional groups attached to an aromatic ring is 1. The number of carbonyl (C=O) groups excluding carboxylic acids is 1.